The molecule has 1 N–H and O–H groups in total. The number of nitrogens with zero attached hydrogens (tertiary/aromatic N) is 1. The van der Waals surface area contributed by atoms with Gasteiger partial charge in [-0.25, -0.2) is 0 Å². The van der Waals surface area contributed by atoms with Crippen molar-refractivity contribution in [3.05, 3.63) is 0 Å². The van der Waals surface area contributed by atoms with E-state index in [1.807, 2.05) is 0 Å². The van der Waals surface area contributed by atoms with Crippen molar-refractivity contribution in [3.8, 4) is 0 Å². The Bertz CT molecular complexity index is 203. The van der Waals surface area contributed by atoms with Gasteiger partial charge < -0.3 is 5.32 Å². The molecule has 3 atom stereocenters. The predicted octanol–water partition coefficient (Wildman–Crippen LogP) is 1.96. The van der Waals surface area contributed by atoms with Crippen LogP contribution >= 0.6 is 0 Å². The minimum Gasteiger partial charge on any atom is -0.316 e. The average molecular weight is 210 g/mol. The van der Waals surface area contributed by atoms with Crippen LogP contribution < -0.4 is 5.32 Å². The molecule has 15 heavy (non-hydrogen) atoms. The molecule has 2 saturated heterocycles. The maximum atomic E-state index is 3.51. The summed E-state index contributed by atoms with van der Waals surface area (Å²) in [7, 11) is 0. The van der Waals surface area contributed by atoms with Crippen LogP contribution in [0.15, 0.2) is 0 Å². The summed E-state index contributed by atoms with van der Waals surface area (Å²) < 4.78 is 0. The van der Waals surface area contributed by atoms with Gasteiger partial charge in [0.15, 0.2) is 0 Å². The number of nitrogens with one attached hydrogen (secondary N) is 1. The predicted molar refractivity (Wildman–Crippen MR) is 65.0 cm³/mol. The summed E-state index contributed by atoms with van der Waals surface area (Å²) in [5.74, 6) is 2.60. The van der Waals surface area contributed by atoms with Gasteiger partial charge in [-0.15, -0.1) is 0 Å². The first-order chi connectivity index (χ1) is 7.18. The molecule has 2 aliphatic heterocycles. The second-order valence-electron chi connectivity index (χ2n) is 5.84. The Morgan fingerprint density at radius 1 is 1.33 bits per heavy atom. The normalized spacial score (nSPS) is 38.0. The van der Waals surface area contributed by atoms with Crippen molar-refractivity contribution in [1.82, 2.24) is 10.2 Å². The molecule has 0 amide bonds. The molecule has 88 valence electrons. The third-order valence-corrected chi connectivity index (χ3v) is 4.33. The second kappa shape index (κ2) is 4.84. The lowest BCUT2D eigenvalue weighted by molar-refractivity contribution is 0.169. The van der Waals surface area contributed by atoms with Crippen LogP contribution in [0.5, 0.6) is 0 Å². The van der Waals surface area contributed by atoms with Gasteiger partial charge in [-0.1, -0.05) is 20.8 Å². The van der Waals surface area contributed by atoms with Crippen LogP contribution in [0.2, 0.25) is 0 Å². The quantitative estimate of drug-likeness (QED) is 0.766. The molecule has 0 aliphatic carbocycles. The van der Waals surface area contributed by atoms with E-state index in [0.29, 0.717) is 0 Å². The van der Waals surface area contributed by atoms with Crippen LogP contribution in [0, 0.1) is 17.8 Å². The molecule has 2 aliphatic rings. The standard InChI is InChI=1S/C13H26N2/c1-10(2)13-5-4-6-15(13)9-12-8-14-7-11(12)3/h10-14H,4-9H2,1-3H3/t11-,12+,13?/m1/s1. The highest BCUT2D eigenvalue weighted by Gasteiger charge is 2.31. The molecular formula is C13H26N2. The Labute approximate surface area is 94.4 Å². The van der Waals surface area contributed by atoms with Crippen molar-refractivity contribution in [3.63, 3.8) is 0 Å². The van der Waals surface area contributed by atoms with Crippen molar-refractivity contribution in [2.75, 3.05) is 26.2 Å². The van der Waals surface area contributed by atoms with E-state index in [1.54, 1.807) is 0 Å². The molecule has 2 fully saturated rings. The van der Waals surface area contributed by atoms with E-state index in [1.165, 1.54) is 39.0 Å². The Kier molecular flexibility index (Phi) is 3.68. The van der Waals surface area contributed by atoms with Gasteiger partial charge in [0.05, 0.1) is 0 Å². The van der Waals surface area contributed by atoms with Gasteiger partial charge >= 0.3 is 0 Å². The molecule has 0 radical (unpaired) electrons. The van der Waals surface area contributed by atoms with E-state index >= 15 is 0 Å². The van der Waals surface area contributed by atoms with Crippen LogP contribution in [-0.2, 0) is 0 Å². The molecule has 2 heteroatoms. The zero-order valence-electron chi connectivity index (χ0n) is 10.5. The van der Waals surface area contributed by atoms with Crippen molar-refractivity contribution in [2.45, 2.75) is 39.7 Å². The lowest BCUT2D eigenvalue weighted by Gasteiger charge is -2.30. The summed E-state index contributed by atoms with van der Waals surface area (Å²) in [4.78, 5) is 2.75. The van der Waals surface area contributed by atoms with Crippen LogP contribution in [-0.4, -0.2) is 37.1 Å². The lowest BCUT2D eigenvalue weighted by Crippen LogP contribution is -2.38. The summed E-state index contributed by atoms with van der Waals surface area (Å²) in [5, 5.41) is 3.51. The van der Waals surface area contributed by atoms with Gasteiger partial charge in [-0.05, 0) is 50.2 Å². The van der Waals surface area contributed by atoms with Crippen LogP contribution in [0.25, 0.3) is 0 Å². The molecule has 2 rings (SSSR count). The van der Waals surface area contributed by atoms with E-state index in [9.17, 15) is 0 Å². The first-order valence-electron chi connectivity index (χ1n) is 6.63. The highest BCUT2D eigenvalue weighted by Crippen LogP contribution is 2.27. The molecule has 0 aromatic rings. The van der Waals surface area contributed by atoms with Crippen molar-refractivity contribution in [2.24, 2.45) is 17.8 Å². The maximum Gasteiger partial charge on any atom is 0.0119 e. The van der Waals surface area contributed by atoms with Crippen molar-refractivity contribution >= 4 is 0 Å². The Hall–Kier alpha value is -0.0800. The summed E-state index contributed by atoms with van der Waals surface area (Å²) in [5.41, 5.74) is 0. The summed E-state index contributed by atoms with van der Waals surface area (Å²) in [6.45, 7) is 12.3. The van der Waals surface area contributed by atoms with Crippen molar-refractivity contribution < 1.29 is 0 Å². The minimum absolute atomic E-state index is 0.831. The van der Waals surface area contributed by atoms with E-state index < -0.39 is 0 Å². The molecule has 0 aromatic carbocycles. The molecule has 2 heterocycles. The first kappa shape index (κ1) is 11.4. The molecule has 0 saturated carbocycles. The number of hydrogen-bond acceptors (Lipinski definition) is 2. The number of rotatable bonds is 3. The molecule has 1 unspecified atom stereocenters. The van der Waals surface area contributed by atoms with Crippen LogP contribution in [0.1, 0.15) is 33.6 Å². The Balaban J connectivity index is 1.87. The summed E-state index contributed by atoms with van der Waals surface area (Å²) in [6.07, 6.45) is 2.84. The van der Waals surface area contributed by atoms with E-state index in [4.69, 9.17) is 0 Å². The smallest absolute Gasteiger partial charge is 0.0119 e. The molecule has 0 spiro atoms. The highest BCUT2D eigenvalue weighted by atomic mass is 15.2. The van der Waals surface area contributed by atoms with Gasteiger partial charge in [0.2, 0.25) is 0 Å². The van der Waals surface area contributed by atoms with Gasteiger partial charge in [-0.3, -0.25) is 4.90 Å². The maximum absolute atomic E-state index is 3.51. The fourth-order valence-corrected chi connectivity index (χ4v) is 3.24. The summed E-state index contributed by atoms with van der Waals surface area (Å²) >= 11 is 0. The van der Waals surface area contributed by atoms with Gasteiger partial charge in [0, 0.05) is 12.6 Å². The topological polar surface area (TPSA) is 15.3 Å². The van der Waals surface area contributed by atoms with Crippen molar-refractivity contribution in [1.29, 1.82) is 0 Å². The van der Waals surface area contributed by atoms with Gasteiger partial charge in [0.1, 0.15) is 0 Å². The monoisotopic (exact) mass is 210 g/mol. The number of likely N-dealkylation sites (tertiary alicyclic amines) is 1. The third kappa shape index (κ3) is 2.54. The lowest BCUT2D eigenvalue weighted by atomic mass is 9.95. The fourth-order valence-electron chi connectivity index (χ4n) is 3.24. The molecule has 0 bridgehead atoms. The molecule has 2 nitrogen and oxygen atoms in total. The zero-order chi connectivity index (χ0) is 10.8. The first-order valence-corrected chi connectivity index (χ1v) is 6.63. The second-order valence-corrected chi connectivity index (χ2v) is 5.84. The fraction of sp³-hybridized carbons (Fsp3) is 1.00. The van der Waals surface area contributed by atoms with E-state index in [0.717, 1.165) is 23.8 Å². The average Bonchev–Trinajstić information content (AvgIpc) is 2.77. The Morgan fingerprint density at radius 2 is 2.13 bits per heavy atom. The SMILES string of the molecule is CC(C)C1CCCN1C[C@@H]1CNC[C@H]1C. The van der Waals surface area contributed by atoms with Gasteiger partial charge in [0.25, 0.3) is 0 Å². The largest absolute Gasteiger partial charge is 0.316 e. The third-order valence-electron chi connectivity index (χ3n) is 4.33. The van der Waals surface area contributed by atoms with Crippen LogP contribution in [0.3, 0.4) is 0 Å². The van der Waals surface area contributed by atoms with Gasteiger partial charge in [-0.2, -0.15) is 0 Å². The molecule has 0 aromatic heterocycles. The highest BCUT2D eigenvalue weighted by molar-refractivity contribution is 4.87. The zero-order valence-corrected chi connectivity index (χ0v) is 10.5. The minimum atomic E-state index is 0.831. The van der Waals surface area contributed by atoms with E-state index in [2.05, 4.69) is 31.0 Å². The number of hydrogen-bond donors (Lipinski definition) is 1. The molecular weight excluding hydrogens is 184 g/mol. The summed E-state index contributed by atoms with van der Waals surface area (Å²) in [6, 6.07) is 0.859. The van der Waals surface area contributed by atoms with E-state index in [-0.39, 0.29) is 0 Å². The van der Waals surface area contributed by atoms with Crippen LogP contribution in [0.4, 0.5) is 0 Å². The Morgan fingerprint density at radius 3 is 2.73 bits per heavy atom.